The smallest absolute Gasteiger partial charge is 0.321 e. The molecule has 2 unspecified atom stereocenters. The molecule has 2 atom stereocenters. The lowest BCUT2D eigenvalue weighted by Crippen LogP contribution is -2.43. The zero-order valence-electron chi connectivity index (χ0n) is 11.9. The topological polar surface area (TPSA) is 66.6 Å². The highest BCUT2D eigenvalue weighted by molar-refractivity contribution is 5.73. The van der Waals surface area contributed by atoms with Crippen LogP contribution in [0.15, 0.2) is 4.42 Å². The van der Waals surface area contributed by atoms with Gasteiger partial charge in [-0.25, -0.2) is 4.98 Å². The Hall–Kier alpha value is -1.36. The number of rotatable bonds is 5. The van der Waals surface area contributed by atoms with Crippen molar-refractivity contribution in [1.29, 1.82) is 0 Å². The first-order valence-corrected chi connectivity index (χ1v) is 6.14. The van der Waals surface area contributed by atoms with Crippen molar-refractivity contribution in [2.24, 2.45) is 5.92 Å². The van der Waals surface area contributed by atoms with Crippen molar-refractivity contribution >= 4 is 5.97 Å². The summed E-state index contributed by atoms with van der Waals surface area (Å²) in [7, 11) is 1.81. The number of carboxylic acids is 1. The Labute approximate surface area is 108 Å². The predicted molar refractivity (Wildman–Crippen MR) is 68.4 cm³/mol. The van der Waals surface area contributed by atoms with Crippen molar-refractivity contribution in [3.63, 3.8) is 0 Å². The van der Waals surface area contributed by atoms with E-state index in [4.69, 9.17) is 4.42 Å². The normalized spacial score (nSPS) is 15.1. The number of oxazole rings is 1. The zero-order valence-corrected chi connectivity index (χ0v) is 11.9. The molecule has 1 aromatic rings. The van der Waals surface area contributed by atoms with Crippen LogP contribution in [0.1, 0.15) is 44.2 Å². The number of aromatic nitrogens is 1. The fraction of sp³-hybridized carbons (Fsp3) is 0.692. The predicted octanol–water partition coefficient (Wildman–Crippen LogP) is 2.39. The summed E-state index contributed by atoms with van der Waals surface area (Å²) in [6.07, 6.45) is 0. The van der Waals surface area contributed by atoms with Gasteiger partial charge in [-0.05, 0) is 26.8 Å². The third-order valence-corrected chi connectivity index (χ3v) is 3.25. The monoisotopic (exact) mass is 254 g/mol. The molecular weight excluding hydrogens is 232 g/mol. The largest absolute Gasteiger partial charge is 0.480 e. The number of aryl methyl sites for hydroxylation is 2. The van der Waals surface area contributed by atoms with Gasteiger partial charge in [-0.15, -0.1) is 0 Å². The van der Waals surface area contributed by atoms with Crippen molar-refractivity contribution in [2.75, 3.05) is 7.05 Å². The number of hydrogen-bond acceptors (Lipinski definition) is 4. The molecule has 0 radical (unpaired) electrons. The molecule has 1 aromatic heterocycles. The quantitative estimate of drug-likeness (QED) is 0.874. The molecule has 0 bridgehead atoms. The van der Waals surface area contributed by atoms with Gasteiger partial charge in [0.25, 0.3) is 0 Å². The van der Waals surface area contributed by atoms with Gasteiger partial charge in [0.05, 0.1) is 11.7 Å². The Morgan fingerprint density at radius 1 is 1.33 bits per heavy atom. The number of carboxylic acid groups (broad SMARTS) is 1. The van der Waals surface area contributed by atoms with E-state index in [-0.39, 0.29) is 12.0 Å². The second-order valence-electron chi connectivity index (χ2n) is 5.05. The number of likely N-dealkylation sites (N-methyl/N-ethyl adjacent to an activating group) is 1. The molecule has 1 N–H and O–H groups in total. The summed E-state index contributed by atoms with van der Waals surface area (Å²) < 4.78 is 5.56. The fourth-order valence-corrected chi connectivity index (χ4v) is 2.29. The maximum absolute atomic E-state index is 11.3. The summed E-state index contributed by atoms with van der Waals surface area (Å²) in [5.74, 6) is 0.564. The molecule has 0 spiro atoms. The van der Waals surface area contributed by atoms with Gasteiger partial charge in [-0.3, -0.25) is 9.69 Å². The molecule has 102 valence electrons. The molecule has 18 heavy (non-hydrogen) atoms. The lowest BCUT2D eigenvalue weighted by molar-refractivity contribution is -0.145. The van der Waals surface area contributed by atoms with Gasteiger partial charge in [-0.1, -0.05) is 13.8 Å². The summed E-state index contributed by atoms with van der Waals surface area (Å²) in [6.45, 7) is 9.41. The molecule has 5 nitrogen and oxygen atoms in total. The standard InChI is InChI=1S/C13H22N2O3/c1-7(2)11(13(16)17)15(6)9(4)12-8(3)14-10(5)18-12/h7,9,11H,1-6H3,(H,16,17). The number of nitrogens with zero attached hydrogens (tertiary/aromatic N) is 2. The van der Waals surface area contributed by atoms with E-state index in [0.29, 0.717) is 5.89 Å². The zero-order chi connectivity index (χ0) is 14.0. The third kappa shape index (κ3) is 2.90. The molecule has 1 rings (SSSR count). The van der Waals surface area contributed by atoms with Crippen LogP contribution in [-0.2, 0) is 4.79 Å². The van der Waals surface area contributed by atoms with Gasteiger partial charge in [0.1, 0.15) is 11.8 Å². The van der Waals surface area contributed by atoms with Crippen LogP contribution in [0.2, 0.25) is 0 Å². The average Bonchev–Trinajstić information content (AvgIpc) is 2.55. The number of hydrogen-bond donors (Lipinski definition) is 1. The van der Waals surface area contributed by atoms with Crippen LogP contribution in [-0.4, -0.2) is 34.0 Å². The van der Waals surface area contributed by atoms with Crippen LogP contribution in [0.3, 0.4) is 0 Å². The molecule has 0 fully saturated rings. The Morgan fingerprint density at radius 3 is 2.22 bits per heavy atom. The van der Waals surface area contributed by atoms with Crippen molar-refractivity contribution in [3.05, 3.63) is 17.3 Å². The van der Waals surface area contributed by atoms with E-state index in [1.165, 1.54) is 0 Å². The van der Waals surface area contributed by atoms with Crippen LogP contribution in [0, 0.1) is 19.8 Å². The fourth-order valence-electron chi connectivity index (χ4n) is 2.29. The Morgan fingerprint density at radius 2 is 1.89 bits per heavy atom. The van der Waals surface area contributed by atoms with Crippen LogP contribution in [0.5, 0.6) is 0 Å². The van der Waals surface area contributed by atoms with Crippen LogP contribution < -0.4 is 0 Å². The third-order valence-electron chi connectivity index (χ3n) is 3.25. The van der Waals surface area contributed by atoms with E-state index in [9.17, 15) is 9.90 Å². The van der Waals surface area contributed by atoms with Crippen molar-refractivity contribution in [1.82, 2.24) is 9.88 Å². The van der Waals surface area contributed by atoms with Crippen LogP contribution in [0.25, 0.3) is 0 Å². The van der Waals surface area contributed by atoms with Gasteiger partial charge in [-0.2, -0.15) is 0 Å². The van der Waals surface area contributed by atoms with Gasteiger partial charge in [0, 0.05) is 6.92 Å². The molecule has 5 heteroatoms. The van der Waals surface area contributed by atoms with Crippen LogP contribution >= 0.6 is 0 Å². The average molecular weight is 254 g/mol. The van der Waals surface area contributed by atoms with Gasteiger partial charge < -0.3 is 9.52 Å². The molecular formula is C13H22N2O3. The summed E-state index contributed by atoms with van der Waals surface area (Å²) in [4.78, 5) is 17.4. The van der Waals surface area contributed by atoms with E-state index in [1.807, 2.05) is 32.6 Å². The SMILES string of the molecule is Cc1nc(C)c(C(C)N(C)C(C(=O)O)C(C)C)o1. The maximum Gasteiger partial charge on any atom is 0.321 e. The minimum atomic E-state index is -0.812. The van der Waals surface area contributed by atoms with Crippen molar-refractivity contribution in [2.45, 2.75) is 46.7 Å². The Bertz CT molecular complexity index is 426. The highest BCUT2D eigenvalue weighted by Gasteiger charge is 2.31. The Balaban J connectivity index is 2.98. The summed E-state index contributed by atoms with van der Waals surface area (Å²) in [6, 6.07) is -0.653. The van der Waals surface area contributed by atoms with E-state index >= 15 is 0 Å². The molecule has 0 aliphatic heterocycles. The number of aliphatic carboxylic acids is 1. The second kappa shape index (κ2) is 5.52. The molecule has 0 aliphatic carbocycles. The molecule has 0 saturated carbocycles. The summed E-state index contributed by atoms with van der Waals surface area (Å²) >= 11 is 0. The molecule has 0 amide bonds. The van der Waals surface area contributed by atoms with Crippen molar-refractivity contribution < 1.29 is 14.3 Å². The lowest BCUT2D eigenvalue weighted by atomic mass is 10.0. The molecule has 0 saturated heterocycles. The minimum Gasteiger partial charge on any atom is -0.480 e. The highest BCUT2D eigenvalue weighted by Crippen LogP contribution is 2.26. The second-order valence-corrected chi connectivity index (χ2v) is 5.05. The van der Waals surface area contributed by atoms with Gasteiger partial charge in [0.15, 0.2) is 5.89 Å². The first-order chi connectivity index (χ1) is 8.25. The first kappa shape index (κ1) is 14.7. The minimum absolute atomic E-state index is 0.0271. The van der Waals surface area contributed by atoms with Crippen LogP contribution in [0.4, 0.5) is 0 Å². The first-order valence-electron chi connectivity index (χ1n) is 6.14. The lowest BCUT2D eigenvalue weighted by Gasteiger charge is -2.31. The molecule has 0 aliphatic rings. The highest BCUT2D eigenvalue weighted by atomic mass is 16.4. The van der Waals surface area contributed by atoms with E-state index in [0.717, 1.165) is 11.5 Å². The summed E-state index contributed by atoms with van der Waals surface area (Å²) in [5.41, 5.74) is 0.819. The summed E-state index contributed by atoms with van der Waals surface area (Å²) in [5, 5.41) is 9.30. The maximum atomic E-state index is 11.3. The Kier molecular flexibility index (Phi) is 4.51. The molecule has 1 heterocycles. The van der Waals surface area contributed by atoms with E-state index in [1.54, 1.807) is 14.0 Å². The van der Waals surface area contributed by atoms with Gasteiger partial charge >= 0.3 is 5.97 Å². The van der Waals surface area contributed by atoms with Crippen molar-refractivity contribution in [3.8, 4) is 0 Å². The molecule has 0 aromatic carbocycles. The van der Waals surface area contributed by atoms with E-state index in [2.05, 4.69) is 4.98 Å². The van der Waals surface area contributed by atoms with Gasteiger partial charge in [0.2, 0.25) is 0 Å². The number of carbonyl (C=O) groups is 1. The van der Waals surface area contributed by atoms with E-state index < -0.39 is 12.0 Å².